The molecule has 2 saturated carbocycles. The van der Waals surface area contributed by atoms with E-state index in [-0.39, 0.29) is 24.1 Å². The Hall–Kier alpha value is -2.17. The SMILES string of the molecule is Cc1cccc(C(CC(=O)CC2CCC(N)CC2)c2cn(CC3CCCCC3)c3ccc(F)cc23)c1.Cl. The Balaban J connectivity index is 0.00000320. The molecule has 1 unspecified atom stereocenters. The van der Waals surface area contributed by atoms with Crippen molar-refractivity contribution in [3.8, 4) is 0 Å². The predicted octanol–water partition coefficient (Wildman–Crippen LogP) is 8.09. The topological polar surface area (TPSA) is 48.0 Å². The molecule has 0 bridgehead atoms. The lowest BCUT2D eigenvalue weighted by Gasteiger charge is -2.26. The second-order valence-corrected chi connectivity index (χ2v) is 11.6. The van der Waals surface area contributed by atoms with Crippen molar-refractivity contribution in [2.75, 3.05) is 0 Å². The van der Waals surface area contributed by atoms with E-state index in [4.69, 9.17) is 5.73 Å². The number of benzene rings is 2. The largest absolute Gasteiger partial charge is 0.347 e. The first-order chi connectivity index (χ1) is 17.5. The predicted molar refractivity (Wildman–Crippen MR) is 153 cm³/mol. The smallest absolute Gasteiger partial charge is 0.134 e. The maximum atomic E-state index is 14.5. The van der Waals surface area contributed by atoms with Gasteiger partial charge in [-0.25, -0.2) is 4.39 Å². The molecular weight excluding hydrogens is 483 g/mol. The lowest BCUT2D eigenvalue weighted by atomic mass is 9.80. The Morgan fingerprint density at radius 1 is 1.00 bits per heavy atom. The van der Waals surface area contributed by atoms with Crippen molar-refractivity contribution < 1.29 is 9.18 Å². The first-order valence-corrected chi connectivity index (χ1v) is 14.1. The Morgan fingerprint density at radius 2 is 1.76 bits per heavy atom. The number of hydrogen-bond acceptors (Lipinski definition) is 2. The highest BCUT2D eigenvalue weighted by Gasteiger charge is 2.27. The third-order valence-corrected chi connectivity index (χ3v) is 8.71. The second kappa shape index (κ2) is 12.6. The third-order valence-electron chi connectivity index (χ3n) is 8.71. The van der Waals surface area contributed by atoms with E-state index in [0.29, 0.717) is 36.5 Å². The lowest BCUT2D eigenvalue weighted by molar-refractivity contribution is -0.120. The summed E-state index contributed by atoms with van der Waals surface area (Å²) in [5.74, 6) is 1.14. The van der Waals surface area contributed by atoms with Crippen molar-refractivity contribution in [2.24, 2.45) is 17.6 Å². The van der Waals surface area contributed by atoms with Crippen molar-refractivity contribution in [2.45, 2.75) is 96.1 Å². The molecule has 2 N–H and O–H groups in total. The molecule has 2 fully saturated rings. The van der Waals surface area contributed by atoms with Crippen LogP contribution < -0.4 is 5.73 Å². The molecule has 2 aromatic carbocycles. The maximum absolute atomic E-state index is 14.5. The summed E-state index contributed by atoms with van der Waals surface area (Å²) in [6.07, 6.45) is 13.9. The lowest BCUT2D eigenvalue weighted by Crippen LogP contribution is -2.27. The fourth-order valence-corrected chi connectivity index (χ4v) is 6.69. The minimum atomic E-state index is -0.216. The van der Waals surface area contributed by atoms with Gasteiger partial charge in [0.1, 0.15) is 11.6 Å². The van der Waals surface area contributed by atoms with E-state index in [1.54, 1.807) is 12.1 Å². The molecule has 3 aromatic rings. The number of fused-ring (bicyclic) bond motifs is 1. The van der Waals surface area contributed by atoms with E-state index < -0.39 is 0 Å². The van der Waals surface area contributed by atoms with E-state index in [1.807, 2.05) is 6.07 Å². The number of hydrogen-bond donors (Lipinski definition) is 1. The molecule has 0 radical (unpaired) electrons. The van der Waals surface area contributed by atoms with Crippen LogP contribution in [-0.4, -0.2) is 16.4 Å². The van der Waals surface area contributed by atoms with Gasteiger partial charge in [0.2, 0.25) is 0 Å². The average molecular weight is 525 g/mol. The zero-order valence-corrected chi connectivity index (χ0v) is 22.9. The Kier molecular flexibility index (Phi) is 9.47. The zero-order valence-electron chi connectivity index (χ0n) is 22.1. The van der Waals surface area contributed by atoms with Gasteiger partial charge in [-0.05, 0) is 86.6 Å². The molecule has 2 aliphatic carbocycles. The normalized spacial score (nSPS) is 21.5. The summed E-state index contributed by atoms with van der Waals surface area (Å²) >= 11 is 0. The molecule has 0 aliphatic heterocycles. The highest BCUT2D eigenvalue weighted by molar-refractivity contribution is 5.87. The van der Waals surface area contributed by atoms with Gasteiger partial charge in [-0.1, -0.05) is 49.1 Å². The van der Waals surface area contributed by atoms with Gasteiger partial charge in [0.15, 0.2) is 0 Å². The summed E-state index contributed by atoms with van der Waals surface area (Å²) in [5, 5.41) is 0.953. The minimum absolute atomic E-state index is 0. The second-order valence-electron chi connectivity index (χ2n) is 11.6. The minimum Gasteiger partial charge on any atom is -0.347 e. The van der Waals surface area contributed by atoms with Crippen LogP contribution in [0.4, 0.5) is 4.39 Å². The van der Waals surface area contributed by atoms with Crippen molar-refractivity contribution in [1.82, 2.24) is 4.57 Å². The third kappa shape index (κ3) is 6.83. The fourth-order valence-electron chi connectivity index (χ4n) is 6.69. The van der Waals surface area contributed by atoms with Gasteiger partial charge in [-0.15, -0.1) is 12.4 Å². The number of nitrogens with two attached hydrogens (primary N) is 1. The van der Waals surface area contributed by atoms with Crippen molar-refractivity contribution in [1.29, 1.82) is 0 Å². The van der Waals surface area contributed by atoms with Crippen LogP contribution in [0.2, 0.25) is 0 Å². The van der Waals surface area contributed by atoms with Crippen molar-refractivity contribution >= 4 is 29.1 Å². The highest BCUT2D eigenvalue weighted by Crippen LogP contribution is 2.38. The van der Waals surface area contributed by atoms with E-state index >= 15 is 0 Å². The molecule has 5 rings (SSSR count). The van der Waals surface area contributed by atoms with Crippen LogP contribution in [0.1, 0.15) is 93.2 Å². The molecule has 0 amide bonds. The van der Waals surface area contributed by atoms with Crippen LogP contribution in [-0.2, 0) is 11.3 Å². The fraction of sp³-hybridized carbons (Fsp3) is 0.531. The molecule has 1 atom stereocenters. The number of Topliss-reactive ketones (excluding diaryl/α,β-unsaturated/α-hetero) is 1. The molecule has 200 valence electrons. The van der Waals surface area contributed by atoms with Gasteiger partial charge in [-0.3, -0.25) is 4.79 Å². The number of aryl methyl sites for hydroxylation is 1. The van der Waals surface area contributed by atoms with E-state index in [1.165, 1.54) is 37.7 Å². The van der Waals surface area contributed by atoms with Gasteiger partial charge in [0.25, 0.3) is 0 Å². The number of rotatable bonds is 8. The number of nitrogens with zero attached hydrogens (tertiary/aromatic N) is 1. The van der Waals surface area contributed by atoms with Gasteiger partial charge < -0.3 is 10.3 Å². The number of carbonyl (C=O) groups is 1. The van der Waals surface area contributed by atoms with Gasteiger partial charge >= 0.3 is 0 Å². The summed E-state index contributed by atoms with van der Waals surface area (Å²) in [6.45, 7) is 3.07. The van der Waals surface area contributed by atoms with Gasteiger partial charge in [0.05, 0.1) is 0 Å². The molecule has 37 heavy (non-hydrogen) atoms. The number of ketones is 1. The van der Waals surface area contributed by atoms with Crippen LogP contribution in [0.5, 0.6) is 0 Å². The van der Waals surface area contributed by atoms with Gasteiger partial charge in [0, 0.05) is 48.4 Å². The first-order valence-electron chi connectivity index (χ1n) is 14.1. The molecular formula is C32H42ClFN2O. The monoisotopic (exact) mass is 524 g/mol. The number of carbonyl (C=O) groups excluding carboxylic acids is 1. The molecule has 1 aromatic heterocycles. The summed E-state index contributed by atoms with van der Waals surface area (Å²) in [6, 6.07) is 14.0. The standard InChI is InChI=1S/C32H41FN2O.ClH/c1-22-6-5-9-25(16-22)29(19-28(36)17-23-10-13-27(34)14-11-23)31-21-35(20-24-7-3-2-4-8-24)32-15-12-26(33)18-30(31)32;/h5-6,9,12,15-16,18,21,23-24,27,29H,2-4,7-8,10-11,13-14,17,19-20,34H2,1H3;1H. The van der Waals surface area contributed by atoms with Gasteiger partial charge in [-0.2, -0.15) is 0 Å². The highest BCUT2D eigenvalue weighted by atomic mass is 35.5. The first kappa shape index (κ1) is 27.9. The number of halogens is 2. The summed E-state index contributed by atoms with van der Waals surface area (Å²) in [4.78, 5) is 13.4. The van der Waals surface area contributed by atoms with Crippen LogP contribution in [0.3, 0.4) is 0 Å². The maximum Gasteiger partial charge on any atom is 0.134 e. The summed E-state index contributed by atoms with van der Waals surface area (Å²) in [5.41, 5.74) is 10.6. The van der Waals surface area contributed by atoms with Crippen LogP contribution in [0.15, 0.2) is 48.7 Å². The Morgan fingerprint density at radius 3 is 2.49 bits per heavy atom. The van der Waals surface area contributed by atoms with Crippen LogP contribution >= 0.6 is 12.4 Å². The van der Waals surface area contributed by atoms with Crippen molar-refractivity contribution in [3.05, 3.63) is 71.2 Å². The molecule has 5 heteroatoms. The molecule has 2 aliphatic rings. The molecule has 0 saturated heterocycles. The Bertz CT molecular complexity index is 1190. The number of aromatic nitrogens is 1. The van der Waals surface area contributed by atoms with Crippen LogP contribution in [0, 0.1) is 24.6 Å². The van der Waals surface area contributed by atoms with E-state index in [2.05, 4.69) is 42.0 Å². The molecule has 3 nitrogen and oxygen atoms in total. The molecule has 1 heterocycles. The van der Waals surface area contributed by atoms with Crippen molar-refractivity contribution in [3.63, 3.8) is 0 Å². The quantitative estimate of drug-likeness (QED) is 0.323. The summed E-state index contributed by atoms with van der Waals surface area (Å²) in [7, 11) is 0. The average Bonchev–Trinajstić information content (AvgIpc) is 3.21. The summed E-state index contributed by atoms with van der Waals surface area (Å²) < 4.78 is 16.9. The van der Waals surface area contributed by atoms with E-state index in [9.17, 15) is 9.18 Å². The van der Waals surface area contributed by atoms with Crippen LogP contribution in [0.25, 0.3) is 10.9 Å². The van der Waals surface area contributed by atoms with E-state index in [0.717, 1.165) is 54.3 Å². The Labute approximate surface area is 227 Å². The molecule has 0 spiro atoms. The zero-order chi connectivity index (χ0) is 25.1.